The van der Waals surface area contributed by atoms with Gasteiger partial charge in [-0.15, -0.1) is 0 Å². The Kier molecular flexibility index (Phi) is 14.7. The summed E-state index contributed by atoms with van der Waals surface area (Å²) in [5, 5.41) is 9.25. The van der Waals surface area contributed by atoms with Gasteiger partial charge in [0, 0.05) is 0 Å². The SMILES string of the molecule is CCCCCCCCC/C=C/CCCCCOC(=O)C1CCCCC1C(=O)O. The maximum Gasteiger partial charge on any atom is 0.309 e. The minimum Gasteiger partial charge on any atom is -0.481 e. The van der Waals surface area contributed by atoms with Crippen LogP contribution in [0.15, 0.2) is 12.2 Å². The van der Waals surface area contributed by atoms with E-state index in [-0.39, 0.29) is 5.97 Å². The Balaban J connectivity index is 1.94. The van der Waals surface area contributed by atoms with Gasteiger partial charge in [-0.2, -0.15) is 0 Å². The van der Waals surface area contributed by atoms with Crippen LogP contribution in [0.3, 0.4) is 0 Å². The summed E-state index contributed by atoms with van der Waals surface area (Å²) in [5.41, 5.74) is 0. The normalized spacial score (nSPS) is 19.8. The molecule has 0 radical (unpaired) electrons. The quantitative estimate of drug-likeness (QED) is 0.180. The maximum atomic E-state index is 12.2. The molecule has 0 bridgehead atoms. The van der Waals surface area contributed by atoms with E-state index in [0.717, 1.165) is 38.5 Å². The predicted octanol–water partition coefficient (Wildman–Crippen LogP) is 6.68. The lowest BCUT2D eigenvalue weighted by Gasteiger charge is -2.26. The molecule has 0 aliphatic heterocycles. The number of ether oxygens (including phenoxy) is 1. The van der Waals surface area contributed by atoms with Crippen molar-refractivity contribution < 1.29 is 19.4 Å². The number of carboxylic acids is 1. The molecule has 0 aromatic carbocycles. The molecule has 1 N–H and O–H groups in total. The third kappa shape index (κ3) is 11.5. The topological polar surface area (TPSA) is 63.6 Å². The van der Waals surface area contributed by atoms with Gasteiger partial charge in [-0.05, 0) is 51.4 Å². The van der Waals surface area contributed by atoms with Crippen LogP contribution in [0, 0.1) is 11.8 Å². The second-order valence-electron chi connectivity index (χ2n) is 8.23. The molecule has 0 aromatic heterocycles. The first-order chi connectivity index (χ1) is 13.7. The van der Waals surface area contributed by atoms with Crippen molar-refractivity contribution in [2.45, 2.75) is 110 Å². The van der Waals surface area contributed by atoms with Gasteiger partial charge >= 0.3 is 11.9 Å². The lowest BCUT2D eigenvalue weighted by atomic mass is 9.79. The van der Waals surface area contributed by atoms with Crippen LogP contribution in [0.1, 0.15) is 110 Å². The third-order valence-corrected chi connectivity index (χ3v) is 5.79. The molecule has 1 rings (SSSR count). The van der Waals surface area contributed by atoms with E-state index in [9.17, 15) is 14.7 Å². The Morgan fingerprint density at radius 2 is 1.36 bits per heavy atom. The second-order valence-corrected chi connectivity index (χ2v) is 8.23. The Labute approximate surface area is 172 Å². The third-order valence-electron chi connectivity index (χ3n) is 5.79. The standard InChI is InChI=1S/C24H42O4/c1-2-3-4-5-6-7-8-9-10-11-12-13-14-17-20-28-24(27)22-19-16-15-18-21(22)23(25)26/h10-11,21-22H,2-9,12-20H2,1H3,(H,25,26)/b11-10+. The number of hydrogen-bond donors (Lipinski definition) is 1. The number of carboxylic acid groups (broad SMARTS) is 1. The molecule has 0 amide bonds. The smallest absolute Gasteiger partial charge is 0.309 e. The van der Waals surface area contributed by atoms with Crippen molar-refractivity contribution in [3.8, 4) is 0 Å². The highest BCUT2D eigenvalue weighted by atomic mass is 16.5. The molecule has 2 atom stereocenters. The Hall–Kier alpha value is -1.32. The number of allylic oxidation sites excluding steroid dienone is 2. The molecule has 1 aliphatic carbocycles. The summed E-state index contributed by atoms with van der Waals surface area (Å²) in [5.74, 6) is -2.16. The van der Waals surface area contributed by atoms with Crippen molar-refractivity contribution in [2.75, 3.05) is 6.61 Å². The lowest BCUT2D eigenvalue weighted by molar-refractivity contribution is -0.159. The highest BCUT2D eigenvalue weighted by molar-refractivity contribution is 5.81. The first-order valence-electron chi connectivity index (χ1n) is 11.7. The average molecular weight is 395 g/mol. The molecule has 0 saturated heterocycles. The molecule has 1 saturated carbocycles. The van der Waals surface area contributed by atoms with E-state index in [4.69, 9.17) is 4.74 Å². The largest absolute Gasteiger partial charge is 0.481 e. The minimum absolute atomic E-state index is 0.304. The van der Waals surface area contributed by atoms with E-state index >= 15 is 0 Å². The number of rotatable bonds is 16. The summed E-state index contributed by atoms with van der Waals surface area (Å²) in [4.78, 5) is 23.4. The van der Waals surface area contributed by atoms with E-state index in [1.807, 2.05) is 0 Å². The van der Waals surface area contributed by atoms with Gasteiger partial charge in [-0.25, -0.2) is 0 Å². The van der Waals surface area contributed by atoms with Crippen molar-refractivity contribution in [1.29, 1.82) is 0 Å². The zero-order valence-corrected chi connectivity index (χ0v) is 18.0. The van der Waals surface area contributed by atoms with Crippen LogP contribution in [0.4, 0.5) is 0 Å². The zero-order chi connectivity index (χ0) is 20.5. The number of unbranched alkanes of at least 4 members (excludes halogenated alkanes) is 10. The molecule has 0 heterocycles. The van der Waals surface area contributed by atoms with Crippen LogP contribution < -0.4 is 0 Å². The van der Waals surface area contributed by atoms with Crippen LogP contribution >= 0.6 is 0 Å². The molecule has 1 aliphatic rings. The number of hydrogen-bond acceptors (Lipinski definition) is 3. The fraction of sp³-hybridized carbons (Fsp3) is 0.833. The number of carbonyl (C=O) groups excluding carboxylic acids is 1. The summed E-state index contributed by atoms with van der Waals surface area (Å²) in [7, 11) is 0. The molecule has 1 fully saturated rings. The van der Waals surface area contributed by atoms with Gasteiger partial charge in [0.1, 0.15) is 0 Å². The Bertz CT molecular complexity index is 444. The van der Waals surface area contributed by atoms with Gasteiger partial charge in [-0.1, -0.05) is 70.4 Å². The van der Waals surface area contributed by atoms with Crippen LogP contribution in [-0.4, -0.2) is 23.7 Å². The zero-order valence-electron chi connectivity index (χ0n) is 18.0. The summed E-state index contributed by atoms with van der Waals surface area (Å²) in [6.07, 6.45) is 22.5. The van der Waals surface area contributed by atoms with E-state index < -0.39 is 17.8 Å². The van der Waals surface area contributed by atoms with Crippen molar-refractivity contribution in [1.82, 2.24) is 0 Å². The predicted molar refractivity (Wildman–Crippen MR) is 114 cm³/mol. The van der Waals surface area contributed by atoms with E-state index in [1.165, 1.54) is 51.4 Å². The summed E-state index contributed by atoms with van der Waals surface area (Å²) in [6.45, 7) is 2.68. The molecule has 162 valence electrons. The Morgan fingerprint density at radius 1 is 0.821 bits per heavy atom. The van der Waals surface area contributed by atoms with Crippen molar-refractivity contribution in [3.63, 3.8) is 0 Å². The number of carbonyl (C=O) groups is 2. The van der Waals surface area contributed by atoms with Gasteiger partial charge in [0.15, 0.2) is 0 Å². The van der Waals surface area contributed by atoms with Gasteiger partial charge < -0.3 is 9.84 Å². The maximum absolute atomic E-state index is 12.2. The van der Waals surface area contributed by atoms with Crippen LogP contribution in [0.5, 0.6) is 0 Å². The molecule has 4 nitrogen and oxygen atoms in total. The average Bonchev–Trinajstić information content (AvgIpc) is 2.70. The van der Waals surface area contributed by atoms with Gasteiger partial charge in [0.05, 0.1) is 18.4 Å². The number of esters is 1. The molecule has 0 spiro atoms. The van der Waals surface area contributed by atoms with E-state index in [2.05, 4.69) is 19.1 Å². The van der Waals surface area contributed by atoms with E-state index in [1.54, 1.807) is 0 Å². The highest BCUT2D eigenvalue weighted by Gasteiger charge is 2.36. The molecular formula is C24H42O4. The molecule has 28 heavy (non-hydrogen) atoms. The number of aliphatic carboxylic acids is 1. The fourth-order valence-electron chi connectivity index (χ4n) is 3.98. The second kappa shape index (κ2) is 16.6. The van der Waals surface area contributed by atoms with E-state index in [0.29, 0.717) is 19.4 Å². The molecule has 2 unspecified atom stereocenters. The summed E-state index contributed by atoms with van der Waals surface area (Å²) < 4.78 is 5.35. The first kappa shape index (κ1) is 24.7. The minimum atomic E-state index is -0.857. The van der Waals surface area contributed by atoms with Gasteiger partial charge in [0.25, 0.3) is 0 Å². The molecule has 0 aromatic rings. The fourth-order valence-corrected chi connectivity index (χ4v) is 3.98. The lowest BCUT2D eigenvalue weighted by Crippen LogP contribution is -2.33. The first-order valence-corrected chi connectivity index (χ1v) is 11.7. The monoisotopic (exact) mass is 394 g/mol. The summed E-state index contributed by atoms with van der Waals surface area (Å²) >= 11 is 0. The van der Waals surface area contributed by atoms with Crippen molar-refractivity contribution in [2.24, 2.45) is 11.8 Å². The van der Waals surface area contributed by atoms with Gasteiger partial charge in [0.2, 0.25) is 0 Å². The van der Waals surface area contributed by atoms with Crippen molar-refractivity contribution >= 4 is 11.9 Å². The molecule has 4 heteroatoms. The van der Waals surface area contributed by atoms with Crippen LogP contribution in [0.25, 0.3) is 0 Å². The van der Waals surface area contributed by atoms with Crippen molar-refractivity contribution in [3.05, 3.63) is 12.2 Å². The van der Waals surface area contributed by atoms with Gasteiger partial charge in [-0.3, -0.25) is 9.59 Å². The molecular weight excluding hydrogens is 352 g/mol. The van der Waals surface area contributed by atoms with Crippen LogP contribution in [-0.2, 0) is 14.3 Å². The Morgan fingerprint density at radius 3 is 1.96 bits per heavy atom. The van der Waals surface area contributed by atoms with Crippen LogP contribution in [0.2, 0.25) is 0 Å². The highest BCUT2D eigenvalue weighted by Crippen LogP contribution is 2.31. The summed E-state index contributed by atoms with van der Waals surface area (Å²) in [6, 6.07) is 0.